The molecule has 1 aliphatic rings. The van der Waals surface area contributed by atoms with Crippen LogP contribution in [0.4, 0.5) is 11.4 Å². The molecule has 4 aromatic rings. The number of benzene rings is 2. The third-order valence-corrected chi connectivity index (χ3v) is 6.69. The Morgan fingerprint density at radius 1 is 0.972 bits per heavy atom. The van der Waals surface area contributed by atoms with Gasteiger partial charge in [0.05, 0.1) is 29.0 Å². The Kier molecular flexibility index (Phi) is 7.64. The summed E-state index contributed by atoms with van der Waals surface area (Å²) in [7, 11) is 0. The van der Waals surface area contributed by atoms with Crippen LogP contribution in [0, 0.1) is 6.92 Å². The second-order valence-corrected chi connectivity index (χ2v) is 9.14. The minimum atomic E-state index is 0.543. The number of likely N-dealkylation sites (N-methyl/N-ethyl adjacent to an activating group) is 1. The van der Waals surface area contributed by atoms with E-state index in [0.29, 0.717) is 19.1 Å². The Balaban J connectivity index is 1.23. The predicted molar refractivity (Wildman–Crippen MR) is 143 cm³/mol. The number of rotatable bonds is 10. The first-order valence-electron chi connectivity index (χ1n) is 12.6. The van der Waals surface area contributed by atoms with Crippen molar-refractivity contribution in [1.82, 2.24) is 25.0 Å². The summed E-state index contributed by atoms with van der Waals surface area (Å²) in [6, 6.07) is 16.3. The highest BCUT2D eigenvalue weighted by atomic mass is 16.5. The van der Waals surface area contributed by atoms with Crippen molar-refractivity contribution in [2.45, 2.75) is 20.5 Å². The molecule has 2 N–H and O–H groups in total. The lowest BCUT2D eigenvalue weighted by molar-refractivity contribution is 0.120. The molecule has 188 valence electrons. The molecular formula is C28H34N6O2. The van der Waals surface area contributed by atoms with Crippen LogP contribution in [0.2, 0.25) is 0 Å². The van der Waals surface area contributed by atoms with Crippen molar-refractivity contribution in [3.63, 3.8) is 0 Å². The number of anilines is 2. The molecule has 0 aliphatic carbocycles. The van der Waals surface area contributed by atoms with E-state index in [1.165, 1.54) is 0 Å². The van der Waals surface area contributed by atoms with Crippen molar-refractivity contribution >= 4 is 22.3 Å². The molecule has 8 nitrogen and oxygen atoms in total. The lowest BCUT2D eigenvalue weighted by atomic mass is 10.2. The molecular weight excluding hydrogens is 452 g/mol. The van der Waals surface area contributed by atoms with Gasteiger partial charge in [-0.3, -0.25) is 15.0 Å². The van der Waals surface area contributed by atoms with Gasteiger partial charge in [0.15, 0.2) is 0 Å². The van der Waals surface area contributed by atoms with Crippen molar-refractivity contribution < 1.29 is 9.47 Å². The highest BCUT2D eigenvalue weighted by molar-refractivity contribution is 5.96. The highest BCUT2D eigenvalue weighted by Gasteiger charge is 2.17. The van der Waals surface area contributed by atoms with Crippen LogP contribution in [0.5, 0.6) is 11.6 Å². The van der Waals surface area contributed by atoms with Gasteiger partial charge in [-0.05, 0) is 42.8 Å². The largest absolute Gasteiger partial charge is 0.489 e. The van der Waals surface area contributed by atoms with Crippen LogP contribution < -0.4 is 14.8 Å². The molecule has 3 heterocycles. The van der Waals surface area contributed by atoms with E-state index in [0.717, 1.165) is 78.4 Å². The summed E-state index contributed by atoms with van der Waals surface area (Å²) < 4.78 is 12.2. The zero-order valence-electron chi connectivity index (χ0n) is 21.0. The Morgan fingerprint density at radius 2 is 1.78 bits per heavy atom. The van der Waals surface area contributed by atoms with Crippen LogP contribution in [0.1, 0.15) is 18.1 Å². The first kappa shape index (κ1) is 24.1. The van der Waals surface area contributed by atoms with Crippen LogP contribution in [0.15, 0.2) is 60.9 Å². The van der Waals surface area contributed by atoms with Crippen LogP contribution in [-0.2, 0) is 6.61 Å². The fraction of sp³-hybridized carbons (Fsp3) is 0.357. The van der Waals surface area contributed by atoms with Crippen molar-refractivity contribution in [3.05, 3.63) is 72.1 Å². The molecule has 1 saturated heterocycles. The van der Waals surface area contributed by atoms with Crippen LogP contribution in [0.25, 0.3) is 10.9 Å². The summed E-state index contributed by atoms with van der Waals surface area (Å²) in [5, 5.41) is 11.9. The van der Waals surface area contributed by atoms with E-state index in [1.54, 1.807) is 6.20 Å². The number of nitrogens with zero attached hydrogens (tertiary/aromatic N) is 4. The lowest BCUT2D eigenvalue weighted by Crippen LogP contribution is -2.47. The standard InChI is InChI=1S/C28H34N6O2/c1-3-33-11-13-34(14-12-33)15-16-35-28-27-24(18-29-19-25(27)31-32-28)30-23-9-10-26(21(2)17-23)36-20-22-7-5-4-6-8-22/h4-10,17-19,30H,3,11-16,20H2,1-2H3,(H,31,32). The number of pyridine rings is 1. The van der Waals surface area contributed by atoms with Gasteiger partial charge in [0.2, 0.25) is 5.88 Å². The number of hydrogen-bond acceptors (Lipinski definition) is 7. The summed E-state index contributed by atoms with van der Waals surface area (Å²) in [5.74, 6) is 1.47. The fourth-order valence-electron chi connectivity index (χ4n) is 4.52. The topological polar surface area (TPSA) is 78.5 Å². The summed E-state index contributed by atoms with van der Waals surface area (Å²) in [6.07, 6.45) is 3.58. The van der Waals surface area contributed by atoms with E-state index >= 15 is 0 Å². The average molecular weight is 487 g/mol. The molecule has 8 heteroatoms. The predicted octanol–water partition coefficient (Wildman–Crippen LogP) is 4.61. The number of aromatic amines is 1. The minimum absolute atomic E-state index is 0.543. The van der Waals surface area contributed by atoms with Gasteiger partial charge in [-0.25, -0.2) is 0 Å². The number of nitrogens with one attached hydrogen (secondary N) is 2. The number of hydrogen-bond donors (Lipinski definition) is 2. The van der Waals surface area contributed by atoms with Crippen molar-refractivity contribution in [1.29, 1.82) is 0 Å². The molecule has 2 aromatic carbocycles. The average Bonchev–Trinajstić information content (AvgIpc) is 3.33. The molecule has 0 amide bonds. The van der Waals surface area contributed by atoms with E-state index in [9.17, 15) is 0 Å². The molecule has 36 heavy (non-hydrogen) atoms. The van der Waals surface area contributed by atoms with Gasteiger partial charge < -0.3 is 19.7 Å². The maximum Gasteiger partial charge on any atom is 0.242 e. The number of H-pyrrole nitrogens is 1. The Labute approximate surface area is 212 Å². The molecule has 0 atom stereocenters. The summed E-state index contributed by atoms with van der Waals surface area (Å²) in [6.45, 7) is 11.8. The molecule has 0 spiro atoms. The summed E-state index contributed by atoms with van der Waals surface area (Å²) >= 11 is 0. The maximum absolute atomic E-state index is 6.12. The second-order valence-electron chi connectivity index (χ2n) is 9.14. The second kappa shape index (κ2) is 11.4. The van der Waals surface area contributed by atoms with Gasteiger partial charge in [0, 0.05) is 38.4 Å². The zero-order valence-corrected chi connectivity index (χ0v) is 21.0. The van der Waals surface area contributed by atoms with E-state index in [4.69, 9.17) is 9.47 Å². The van der Waals surface area contributed by atoms with Crippen LogP contribution >= 0.6 is 0 Å². The molecule has 0 saturated carbocycles. The van der Waals surface area contributed by atoms with Gasteiger partial charge in [-0.15, -0.1) is 5.10 Å². The summed E-state index contributed by atoms with van der Waals surface area (Å²) in [4.78, 5) is 9.30. The van der Waals surface area contributed by atoms with E-state index in [1.807, 2.05) is 36.5 Å². The van der Waals surface area contributed by atoms with Gasteiger partial charge >= 0.3 is 0 Å². The molecule has 0 unspecified atom stereocenters. The van der Waals surface area contributed by atoms with Crippen molar-refractivity contribution in [2.24, 2.45) is 0 Å². The maximum atomic E-state index is 6.12. The van der Waals surface area contributed by atoms with Gasteiger partial charge in [-0.1, -0.05) is 37.3 Å². The van der Waals surface area contributed by atoms with Gasteiger partial charge in [0.1, 0.15) is 19.0 Å². The Hall–Kier alpha value is -3.62. The molecule has 0 bridgehead atoms. The number of piperazine rings is 1. The SMILES string of the molecule is CCN1CCN(CCOc2n[nH]c3cncc(Nc4ccc(OCc5ccccc5)c(C)c4)c23)CC1. The van der Waals surface area contributed by atoms with Gasteiger partial charge in [0.25, 0.3) is 0 Å². The minimum Gasteiger partial charge on any atom is -0.489 e. The number of aromatic nitrogens is 3. The number of aryl methyl sites for hydroxylation is 1. The van der Waals surface area contributed by atoms with E-state index < -0.39 is 0 Å². The van der Waals surface area contributed by atoms with E-state index in [-0.39, 0.29) is 0 Å². The number of ether oxygens (including phenoxy) is 2. The molecule has 1 aliphatic heterocycles. The molecule has 1 fully saturated rings. The Bertz CT molecular complexity index is 1270. The lowest BCUT2D eigenvalue weighted by Gasteiger charge is -2.33. The summed E-state index contributed by atoms with van der Waals surface area (Å²) in [5.41, 5.74) is 4.85. The first-order valence-corrected chi connectivity index (χ1v) is 12.6. The first-order chi connectivity index (χ1) is 17.7. The number of fused-ring (bicyclic) bond motifs is 1. The molecule has 5 rings (SSSR count). The third-order valence-electron chi connectivity index (χ3n) is 6.69. The van der Waals surface area contributed by atoms with Crippen molar-refractivity contribution in [3.8, 4) is 11.6 Å². The Morgan fingerprint density at radius 3 is 2.56 bits per heavy atom. The highest BCUT2D eigenvalue weighted by Crippen LogP contribution is 2.32. The van der Waals surface area contributed by atoms with Crippen LogP contribution in [0.3, 0.4) is 0 Å². The zero-order chi connectivity index (χ0) is 24.7. The van der Waals surface area contributed by atoms with E-state index in [2.05, 4.69) is 62.3 Å². The van der Waals surface area contributed by atoms with Crippen molar-refractivity contribution in [2.75, 3.05) is 51.2 Å². The molecule has 0 radical (unpaired) electrons. The normalized spacial score (nSPS) is 14.7. The smallest absolute Gasteiger partial charge is 0.242 e. The van der Waals surface area contributed by atoms with Gasteiger partial charge in [-0.2, -0.15) is 0 Å². The fourth-order valence-corrected chi connectivity index (χ4v) is 4.52. The van der Waals surface area contributed by atoms with Crippen LogP contribution in [-0.4, -0.2) is 70.9 Å². The monoisotopic (exact) mass is 486 g/mol. The third kappa shape index (κ3) is 5.78. The quantitative estimate of drug-likeness (QED) is 0.339. The molecule has 2 aromatic heterocycles.